The van der Waals surface area contributed by atoms with Crippen molar-refractivity contribution in [1.82, 2.24) is 14.1 Å². The minimum Gasteiger partial charge on any atom is -0.445 e. The van der Waals surface area contributed by atoms with Crippen molar-refractivity contribution in [2.45, 2.75) is 49.0 Å². The maximum atomic E-state index is 13.0. The largest absolute Gasteiger partial charge is 0.445 e. The molecule has 2 fully saturated rings. The molecule has 45 heavy (non-hydrogen) atoms. The highest BCUT2D eigenvalue weighted by Gasteiger charge is 2.39. The lowest BCUT2D eigenvalue weighted by molar-refractivity contribution is -0.139. The summed E-state index contributed by atoms with van der Waals surface area (Å²) in [7, 11) is -6.93. The Kier molecular flexibility index (Phi) is 11.3. The number of morpholine rings is 1. The zero-order chi connectivity index (χ0) is 32.6. The number of Topliss-reactive ketones (excluding diaryl/α,β-unsaturated/α-hetero) is 1. The highest BCUT2D eigenvalue weighted by molar-refractivity contribution is 7.92. The fraction of sp³-hybridized carbons (Fsp3) is 0.467. The molecule has 3 heterocycles. The summed E-state index contributed by atoms with van der Waals surface area (Å²) in [5, 5.41) is 0. The maximum absolute atomic E-state index is 13.0. The minimum absolute atomic E-state index is 0.0406. The van der Waals surface area contributed by atoms with Crippen LogP contribution in [0, 0.1) is 0 Å². The summed E-state index contributed by atoms with van der Waals surface area (Å²) in [5.74, 6) is -1.43. The predicted octanol–water partition coefficient (Wildman–Crippen LogP) is 1.76. The first-order chi connectivity index (χ1) is 21.4. The number of fused-ring (bicyclic) bond motifs is 1. The van der Waals surface area contributed by atoms with Gasteiger partial charge in [0.1, 0.15) is 12.6 Å². The SMILES string of the molecule is CS(=O)(=O)N(C(=O)CCC(=O)N1CCOCC1)C1CCCN(C(=O)OCc2ccccc2)CC1=O.O=S1(=O)Cc2ccccc21. The minimum atomic E-state index is -4.09. The number of nitrogens with zero attached hydrogens (tertiary/aromatic N) is 3. The van der Waals surface area contributed by atoms with Gasteiger partial charge >= 0.3 is 6.09 Å². The Hall–Kier alpha value is -3.82. The first-order valence-corrected chi connectivity index (χ1v) is 18.0. The van der Waals surface area contributed by atoms with Gasteiger partial charge in [-0.25, -0.2) is 25.9 Å². The van der Waals surface area contributed by atoms with Gasteiger partial charge in [-0.3, -0.25) is 14.4 Å². The fourth-order valence-corrected chi connectivity index (χ4v) is 7.78. The smallest absolute Gasteiger partial charge is 0.410 e. The Morgan fingerprint density at radius 1 is 0.956 bits per heavy atom. The van der Waals surface area contributed by atoms with Crippen LogP contribution in [0.15, 0.2) is 59.5 Å². The third-order valence-corrected chi connectivity index (χ3v) is 10.5. The van der Waals surface area contributed by atoms with Crippen LogP contribution < -0.4 is 0 Å². The Morgan fingerprint density at radius 2 is 1.62 bits per heavy atom. The monoisotopic (exact) mass is 663 g/mol. The van der Waals surface area contributed by atoms with Gasteiger partial charge in [0.2, 0.25) is 21.8 Å². The first-order valence-electron chi connectivity index (χ1n) is 14.5. The quantitative estimate of drug-likeness (QED) is 0.426. The lowest BCUT2D eigenvalue weighted by Crippen LogP contribution is -2.50. The van der Waals surface area contributed by atoms with Crippen molar-refractivity contribution in [2.75, 3.05) is 45.6 Å². The summed E-state index contributed by atoms with van der Waals surface area (Å²) in [5.41, 5.74) is 1.74. The summed E-state index contributed by atoms with van der Waals surface area (Å²) >= 11 is 0. The number of benzene rings is 2. The molecule has 0 N–H and O–H groups in total. The summed E-state index contributed by atoms with van der Waals surface area (Å²) in [6, 6.07) is 14.9. The van der Waals surface area contributed by atoms with E-state index in [1.54, 1.807) is 29.2 Å². The Morgan fingerprint density at radius 3 is 2.24 bits per heavy atom. The van der Waals surface area contributed by atoms with Crippen molar-refractivity contribution in [3.05, 3.63) is 65.7 Å². The third-order valence-electron chi connectivity index (χ3n) is 7.54. The van der Waals surface area contributed by atoms with E-state index in [9.17, 15) is 36.0 Å². The number of ketones is 1. The van der Waals surface area contributed by atoms with Crippen molar-refractivity contribution >= 4 is 43.6 Å². The van der Waals surface area contributed by atoms with Gasteiger partial charge in [-0.15, -0.1) is 0 Å². The zero-order valence-corrected chi connectivity index (χ0v) is 26.6. The lowest BCUT2D eigenvalue weighted by atomic mass is 10.1. The number of ether oxygens (including phenoxy) is 2. The molecule has 244 valence electrons. The van der Waals surface area contributed by atoms with E-state index in [1.807, 2.05) is 30.3 Å². The molecule has 3 amide bonds. The van der Waals surface area contributed by atoms with Crippen LogP contribution in [-0.4, -0.2) is 106 Å². The number of sulfone groups is 1. The van der Waals surface area contributed by atoms with Crippen LogP contribution >= 0.6 is 0 Å². The number of carbonyl (C=O) groups is 4. The Bertz CT molecular complexity index is 1610. The van der Waals surface area contributed by atoms with E-state index in [0.717, 1.165) is 17.4 Å². The number of sulfonamides is 1. The highest BCUT2D eigenvalue weighted by atomic mass is 32.2. The molecule has 3 aliphatic rings. The van der Waals surface area contributed by atoms with Crippen molar-refractivity contribution in [3.63, 3.8) is 0 Å². The molecule has 15 heteroatoms. The molecule has 0 saturated carbocycles. The van der Waals surface area contributed by atoms with Crippen molar-refractivity contribution in [3.8, 4) is 0 Å². The topological polar surface area (TPSA) is 165 Å². The van der Waals surface area contributed by atoms with Crippen LogP contribution in [0.3, 0.4) is 0 Å². The molecule has 1 atom stereocenters. The van der Waals surface area contributed by atoms with Crippen molar-refractivity contribution < 1.29 is 45.5 Å². The van der Waals surface area contributed by atoms with E-state index < -0.39 is 43.7 Å². The normalized spacial score (nSPS) is 19.1. The standard InChI is InChI=1S/C23H31N3O8S.C7H6O2S/c1-35(31,32)26(22(29)10-9-21(28)24-12-14-33-15-13-24)19-8-5-11-25(16-20(19)27)23(30)34-17-18-6-3-2-4-7-18;8-10(9)5-6-3-1-2-4-7(6)10/h2-4,6-7,19H,5,8-17H2,1H3;1-4H,5H2. The Labute approximate surface area is 263 Å². The molecule has 2 aromatic rings. The van der Waals surface area contributed by atoms with Gasteiger partial charge in [0.05, 0.1) is 36.7 Å². The number of likely N-dealkylation sites (tertiary alicyclic amines) is 1. The molecule has 13 nitrogen and oxygen atoms in total. The van der Waals surface area contributed by atoms with Gasteiger partial charge in [-0.05, 0) is 30.0 Å². The van der Waals surface area contributed by atoms with Gasteiger partial charge in [0.15, 0.2) is 15.6 Å². The molecule has 0 spiro atoms. The van der Waals surface area contributed by atoms with E-state index in [0.29, 0.717) is 41.9 Å². The van der Waals surface area contributed by atoms with Gasteiger partial charge in [-0.2, -0.15) is 0 Å². The van der Waals surface area contributed by atoms with Crippen LogP contribution in [0.25, 0.3) is 0 Å². The summed E-state index contributed by atoms with van der Waals surface area (Å²) < 4.78 is 57.9. The number of amides is 3. The first kappa shape index (κ1) is 34.1. The van der Waals surface area contributed by atoms with E-state index in [-0.39, 0.29) is 50.6 Å². The van der Waals surface area contributed by atoms with Crippen LogP contribution in [0.4, 0.5) is 4.79 Å². The average molecular weight is 664 g/mol. The van der Waals surface area contributed by atoms with Crippen LogP contribution in [0.5, 0.6) is 0 Å². The molecule has 3 aliphatic heterocycles. The molecule has 0 aromatic heterocycles. The predicted molar refractivity (Wildman–Crippen MR) is 162 cm³/mol. The molecular formula is C30H37N3O10S2. The molecule has 0 bridgehead atoms. The molecule has 0 radical (unpaired) electrons. The second kappa shape index (κ2) is 15.0. The Balaban J connectivity index is 0.000000385. The fourth-order valence-electron chi connectivity index (χ4n) is 5.24. The van der Waals surface area contributed by atoms with E-state index in [2.05, 4.69) is 0 Å². The molecule has 0 aliphatic carbocycles. The van der Waals surface area contributed by atoms with Gasteiger partial charge in [0, 0.05) is 32.5 Å². The molecule has 5 rings (SSSR count). The van der Waals surface area contributed by atoms with Gasteiger partial charge < -0.3 is 19.3 Å². The summed E-state index contributed by atoms with van der Waals surface area (Å²) in [6.07, 6.45) is 0.0646. The number of rotatable bonds is 7. The molecular weight excluding hydrogens is 626 g/mol. The van der Waals surface area contributed by atoms with E-state index in [1.165, 1.54) is 4.90 Å². The highest BCUT2D eigenvalue weighted by Crippen LogP contribution is 2.30. The summed E-state index contributed by atoms with van der Waals surface area (Å²) in [4.78, 5) is 54.1. The second-order valence-corrected chi connectivity index (χ2v) is 14.7. The third kappa shape index (κ3) is 9.11. The van der Waals surface area contributed by atoms with Gasteiger partial charge in [0.25, 0.3) is 0 Å². The zero-order valence-electron chi connectivity index (χ0n) is 25.0. The van der Waals surface area contributed by atoms with E-state index >= 15 is 0 Å². The summed E-state index contributed by atoms with van der Waals surface area (Å²) in [6.45, 7) is 1.52. The molecule has 2 aromatic carbocycles. The molecule has 2 saturated heterocycles. The number of hydrogen-bond donors (Lipinski definition) is 0. The van der Waals surface area contributed by atoms with Crippen molar-refractivity contribution in [1.29, 1.82) is 0 Å². The number of carbonyl (C=O) groups excluding carboxylic acids is 4. The van der Waals surface area contributed by atoms with Crippen molar-refractivity contribution in [2.24, 2.45) is 0 Å². The van der Waals surface area contributed by atoms with Crippen LogP contribution in [0.2, 0.25) is 0 Å². The van der Waals surface area contributed by atoms with Gasteiger partial charge in [-0.1, -0.05) is 48.5 Å². The van der Waals surface area contributed by atoms with Crippen LogP contribution in [0.1, 0.15) is 36.8 Å². The van der Waals surface area contributed by atoms with E-state index in [4.69, 9.17) is 9.47 Å². The lowest BCUT2D eigenvalue weighted by Gasteiger charge is -2.29. The maximum Gasteiger partial charge on any atom is 0.410 e. The average Bonchev–Trinajstić information content (AvgIpc) is 3.20. The number of hydrogen-bond acceptors (Lipinski definition) is 10. The van der Waals surface area contributed by atoms with Crippen LogP contribution in [-0.2, 0) is 56.1 Å². The second-order valence-electron chi connectivity index (χ2n) is 10.9. The molecule has 1 unspecified atom stereocenters.